The van der Waals surface area contributed by atoms with E-state index in [1.807, 2.05) is 5.06 Å². The average Bonchev–Trinajstić information content (AvgIpc) is 2.46. The lowest BCUT2D eigenvalue weighted by molar-refractivity contribution is -0.202. The Morgan fingerprint density at radius 1 is 1.19 bits per heavy atom. The van der Waals surface area contributed by atoms with Gasteiger partial charge in [-0.2, -0.15) is 5.06 Å². The van der Waals surface area contributed by atoms with E-state index < -0.39 is 0 Å². The zero-order chi connectivity index (χ0) is 16.3. The van der Waals surface area contributed by atoms with E-state index in [9.17, 15) is 0 Å². The van der Waals surface area contributed by atoms with E-state index in [0.29, 0.717) is 6.04 Å². The molecule has 0 heterocycles. The molecule has 1 unspecified atom stereocenters. The SMILES string of the molecule is C\C=C/C(=C\C(C)=C/C)CCC(C)ON(C)C(CC)CC. The molecule has 0 radical (unpaired) electrons. The standard InChI is InChI=1S/C19H35NO/c1-8-12-18(15-16(5)9-2)14-13-17(6)21-20(7)19(10-3)11-4/h8-9,12,15,17,19H,10-11,13-14H2,1-7H3/b12-8-,16-9-,18-15+. The van der Waals surface area contributed by atoms with Crippen LogP contribution in [0.15, 0.2) is 35.5 Å². The monoisotopic (exact) mass is 293 g/mol. The van der Waals surface area contributed by atoms with Gasteiger partial charge in [0.05, 0.1) is 6.10 Å². The van der Waals surface area contributed by atoms with Crippen molar-refractivity contribution in [1.82, 2.24) is 5.06 Å². The second kappa shape index (κ2) is 11.8. The van der Waals surface area contributed by atoms with E-state index >= 15 is 0 Å². The molecule has 0 aromatic rings. The highest BCUT2D eigenvalue weighted by Crippen LogP contribution is 2.16. The van der Waals surface area contributed by atoms with Crippen molar-refractivity contribution in [2.75, 3.05) is 7.05 Å². The third kappa shape index (κ3) is 8.90. The van der Waals surface area contributed by atoms with E-state index in [1.165, 1.54) is 11.1 Å². The van der Waals surface area contributed by atoms with Gasteiger partial charge in [0.1, 0.15) is 0 Å². The van der Waals surface area contributed by atoms with Gasteiger partial charge in [-0.25, -0.2) is 0 Å². The second-order valence-electron chi connectivity index (χ2n) is 5.72. The molecule has 2 heteroatoms. The number of hydroxylamine groups is 2. The molecule has 0 fully saturated rings. The first-order valence-corrected chi connectivity index (χ1v) is 8.34. The van der Waals surface area contributed by atoms with Gasteiger partial charge in [-0.05, 0) is 59.0 Å². The van der Waals surface area contributed by atoms with Gasteiger partial charge in [0.25, 0.3) is 0 Å². The number of hydrogen-bond donors (Lipinski definition) is 0. The molecule has 0 N–H and O–H groups in total. The molecule has 0 aliphatic carbocycles. The molecule has 2 nitrogen and oxygen atoms in total. The van der Waals surface area contributed by atoms with Crippen LogP contribution in [0.25, 0.3) is 0 Å². The van der Waals surface area contributed by atoms with Crippen LogP contribution in [0.3, 0.4) is 0 Å². The predicted octanol–water partition coefficient (Wildman–Crippen LogP) is 5.68. The van der Waals surface area contributed by atoms with Crippen molar-refractivity contribution < 1.29 is 4.84 Å². The van der Waals surface area contributed by atoms with Gasteiger partial charge >= 0.3 is 0 Å². The molecule has 0 aliphatic heterocycles. The van der Waals surface area contributed by atoms with E-state index in [4.69, 9.17) is 4.84 Å². The van der Waals surface area contributed by atoms with Crippen LogP contribution in [0.1, 0.15) is 67.2 Å². The van der Waals surface area contributed by atoms with E-state index in [-0.39, 0.29) is 6.10 Å². The third-order valence-electron chi connectivity index (χ3n) is 3.89. The average molecular weight is 293 g/mol. The van der Waals surface area contributed by atoms with Crippen molar-refractivity contribution in [2.45, 2.75) is 79.4 Å². The van der Waals surface area contributed by atoms with Crippen LogP contribution in [-0.4, -0.2) is 24.3 Å². The highest BCUT2D eigenvalue weighted by atomic mass is 16.7. The highest BCUT2D eigenvalue weighted by molar-refractivity contribution is 5.28. The summed E-state index contributed by atoms with van der Waals surface area (Å²) in [5.41, 5.74) is 2.68. The molecule has 0 bridgehead atoms. The maximum absolute atomic E-state index is 6.02. The van der Waals surface area contributed by atoms with Crippen LogP contribution in [0.5, 0.6) is 0 Å². The zero-order valence-electron chi connectivity index (χ0n) is 15.1. The van der Waals surface area contributed by atoms with E-state index in [0.717, 1.165) is 25.7 Å². The van der Waals surface area contributed by atoms with Gasteiger partial charge in [0.15, 0.2) is 0 Å². The minimum Gasteiger partial charge on any atom is -0.296 e. The normalized spacial score (nSPS) is 15.5. The van der Waals surface area contributed by atoms with Gasteiger partial charge in [0, 0.05) is 13.1 Å². The van der Waals surface area contributed by atoms with Crippen molar-refractivity contribution in [1.29, 1.82) is 0 Å². The lowest BCUT2D eigenvalue weighted by Gasteiger charge is -2.28. The molecular weight excluding hydrogens is 258 g/mol. The van der Waals surface area contributed by atoms with Crippen molar-refractivity contribution in [3.63, 3.8) is 0 Å². The molecule has 0 aromatic heterocycles. The molecule has 0 spiro atoms. The number of rotatable bonds is 10. The predicted molar refractivity (Wildman–Crippen MR) is 94.2 cm³/mol. The first-order chi connectivity index (χ1) is 9.98. The Morgan fingerprint density at radius 2 is 1.81 bits per heavy atom. The fourth-order valence-electron chi connectivity index (χ4n) is 2.39. The Labute approximate surface area is 132 Å². The molecule has 0 saturated heterocycles. The molecule has 0 amide bonds. The highest BCUT2D eigenvalue weighted by Gasteiger charge is 2.14. The summed E-state index contributed by atoms with van der Waals surface area (Å²) in [7, 11) is 2.06. The van der Waals surface area contributed by atoms with Crippen LogP contribution >= 0.6 is 0 Å². The lowest BCUT2D eigenvalue weighted by Crippen LogP contribution is -2.33. The van der Waals surface area contributed by atoms with Crippen LogP contribution in [0, 0.1) is 0 Å². The molecule has 1 atom stereocenters. The molecule has 0 aliphatic rings. The Balaban J connectivity index is 4.44. The summed E-state index contributed by atoms with van der Waals surface area (Å²) in [5, 5.41) is 2.04. The Bertz CT molecular complexity index is 351. The summed E-state index contributed by atoms with van der Waals surface area (Å²) in [5.74, 6) is 0. The number of nitrogens with zero attached hydrogens (tertiary/aromatic N) is 1. The largest absolute Gasteiger partial charge is 0.296 e. The quantitative estimate of drug-likeness (QED) is 0.380. The Kier molecular flexibility index (Phi) is 11.3. The number of hydrogen-bond acceptors (Lipinski definition) is 2. The molecule has 0 aromatic carbocycles. The maximum atomic E-state index is 6.02. The minimum atomic E-state index is 0.246. The van der Waals surface area contributed by atoms with Crippen molar-refractivity contribution >= 4 is 0 Å². The summed E-state index contributed by atoms with van der Waals surface area (Å²) in [6, 6.07) is 0.517. The van der Waals surface area contributed by atoms with Crippen molar-refractivity contribution in [3.8, 4) is 0 Å². The van der Waals surface area contributed by atoms with Gasteiger partial charge in [-0.3, -0.25) is 4.84 Å². The molecular formula is C19H35NO. The summed E-state index contributed by atoms with van der Waals surface area (Å²) in [6.45, 7) is 12.9. The van der Waals surface area contributed by atoms with Crippen molar-refractivity contribution in [2.24, 2.45) is 0 Å². The summed E-state index contributed by atoms with van der Waals surface area (Å²) >= 11 is 0. The lowest BCUT2D eigenvalue weighted by atomic mass is 10.0. The third-order valence-corrected chi connectivity index (χ3v) is 3.89. The summed E-state index contributed by atoms with van der Waals surface area (Å²) in [4.78, 5) is 6.02. The molecule has 0 rings (SSSR count). The molecule has 122 valence electrons. The van der Waals surface area contributed by atoms with Crippen molar-refractivity contribution in [3.05, 3.63) is 35.5 Å². The van der Waals surface area contributed by atoms with Crippen LogP contribution in [0.4, 0.5) is 0 Å². The van der Waals surface area contributed by atoms with Gasteiger partial charge < -0.3 is 0 Å². The Morgan fingerprint density at radius 3 is 2.29 bits per heavy atom. The topological polar surface area (TPSA) is 12.5 Å². The first kappa shape index (κ1) is 20.1. The first-order valence-electron chi connectivity index (χ1n) is 8.34. The van der Waals surface area contributed by atoms with E-state index in [1.54, 1.807) is 0 Å². The molecule has 0 saturated carbocycles. The van der Waals surface area contributed by atoms with Crippen LogP contribution < -0.4 is 0 Å². The van der Waals surface area contributed by atoms with Gasteiger partial charge in [-0.15, -0.1) is 0 Å². The fraction of sp³-hybridized carbons (Fsp3) is 0.684. The van der Waals surface area contributed by atoms with Crippen LogP contribution in [0.2, 0.25) is 0 Å². The summed E-state index contributed by atoms with van der Waals surface area (Å²) < 4.78 is 0. The Hall–Kier alpha value is -0.860. The van der Waals surface area contributed by atoms with Gasteiger partial charge in [0.2, 0.25) is 0 Å². The van der Waals surface area contributed by atoms with Gasteiger partial charge in [-0.1, -0.05) is 43.7 Å². The maximum Gasteiger partial charge on any atom is 0.0768 e. The zero-order valence-corrected chi connectivity index (χ0v) is 15.1. The minimum absolute atomic E-state index is 0.246. The molecule has 21 heavy (non-hydrogen) atoms. The van der Waals surface area contributed by atoms with Crippen LogP contribution in [-0.2, 0) is 4.84 Å². The smallest absolute Gasteiger partial charge is 0.0768 e. The fourth-order valence-corrected chi connectivity index (χ4v) is 2.39. The number of allylic oxidation sites excluding steroid dienone is 6. The summed E-state index contributed by atoms with van der Waals surface area (Å²) in [6.07, 6.45) is 13.3. The second-order valence-corrected chi connectivity index (χ2v) is 5.72. The van der Waals surface area contributed by atoms with E-state index in [2.05, 4.69) is 72.9 Å².